The molecule has 0 aromatic heterocycles. The molecule has 3 rings (SSSR count). The second kappa shape index (κ2) is 8.29. The third-order valence-electron chi connectivity index (χ3n) is 4.55. The molecule has 1 N–H and O–H groups in total. The number of halogens is 1. The van der Waals surface area contributed by atoms with Crippen LogP contribution in [0, 0.1) is 0 Å². The molecule has 2 aromatic rings. The SMILES string of the molecule is O=C(COc1ccc(CO)cc1)N1CCC(S(=O)(=O)c2ccccc2Cl)C1. The summed E-state index contributed by atoms with van der Waals surface area (Å²) < 4.78 is 31.0. The number of sulfone groups is 1. The summed E-state index contributed by atoms with van der Waals surface area (Å²) in [5.74, 6) is 0.248. The van der Waals surface area contributed by atoms with Gasteiger partial charge in [-0.1, -0.05) is 35.9 Å². The zero-order valence-electron chi connectivity index (χ0n) is 14.5. The Morgan fingerprint density at radius 2 is 1.89 bits per heavy atom. The summed E-state index contributed by atoms with van der Waals surface area (Å²) in [5, 5.41) is 8.54. The van der Waals surface area contributed by atoms with Crippen molar-refractivity contribution in [3.63, 3.8) is 0 Å². The molecule has 0 radical (unpaired) electrons. The fraction of sp³-hybridized carbons (Fsp3) is 0.316. The van der Waals surface area contributed by atoms with Gasteiger partial charge in [-0.25, -0.2) is 8.42 Å². The lowest BCUT2D eigenvalue weighted by molar-refractivity contribution is -0.132. The van der Waals surface area contributed by atoms with Crippen LogP contribution >= 0.6 is 11.6 Å². The number of carbonyl (C=O) groups is 1. The van der Waals surface area contributed by atoms with Gasteiger partial charge in [0.1, 0.15) is 5.75 Å². The molecule has 1 aliphatic rings. The Kier molecular flexibility index (Phi) is 6.04. The van der Waals surface area contributed by atoms with Crippen molar-refractivity contribution in [3.8, 4) is 5.75 Å². The molecule has 0 saturated carbocycles. The Balaban J connectivity index is 1.60. The van der Waals surface area contributed by atoms with E-state index in [1.54, 1.807) is 42.5 Å². The molecule has 0 aliphatic carbocycles. The summed E-state index contributed by atoms with van der Waals surface area (Å²) in [6, 6.07) is 13.1. The van der Waals surface area contributed by atoms with E-state index in [0.29, 0.717) is 18.7 Å². The predicted octanol–water partition coefficient (Wildman–Crippen LogP) is 2.29. The maximum Gasteiger partial charge on any atom is 0.260 e. The van der Waals surface area contributed by atoms with Gasteiger partial charge in [0.05, 0.1) is 21.8 Å². The second-order valence-electron chi connectivity index (χ2n) is 6.32. The number of benzene rings is 2. The lowest BCUT2D eigenvalue weighted by Crippen LogP contribution is -2.35. The summed E-state index contributed by atoms with van der Waals surface area (Å²) in [4.78, 5) is 14.0. The van der Waals surface area contributed by atoms with Crippen LogP contribution in [0.15, 0.2) is 53.4 Å². The van der Waals surface area contributed by atoms with Gasteiger partial charge >= 0.3 is 0 Å². The summed E-state index contributed by atoms with van der Waals surface area (Å²) in [5.41, 5.74) is 0.751. The maximum absolute atomic E-state index is 12.8. The van der Waals surface area contributed by atoms with E-state index in [2.05, 4.69) is 0 Å². The van der Waals surface area contributed by atoms with E-state index in [4.69, 9.17) is 21.4 Å². The van der Waals surface area contributed by atoms with E-state index in [1.165, 1.54) is 11.0 Å². The Morgan fingerprint density at radius 3 is 2.56 bits per heavy atom. The van der Waals surface area contributed by atoms with E-state index >= 15 is 0 Å². The van der Waals surface area contributed by atoms with Crippen LogP contribution in [0.25, 0.3) is 0 Å². The molecular weight excluding hydrogens is 390 g/mol. The van der Waals surface area contributed by atoms with Crippen LogP contribution < -0.4 is 4.74 Å². The molecule has 0 spiro atoms. The van der Waals surface area contributed by atoms with Gasteiger partial charge in [0.2, 0.25) is 0 Å². The van der Waals surface area contributed by atoms with Crippen molar-refractivity contribution in [2.75, 3.05) is 19.7 Å². The third kappa shape index (κ3) is 4.43. The van der Waals surface area contributed by atoms with Crippen LogP contribution in [0.5, 0.6) is 5.75 Å². The number of hydrogen-bond acceptors (Lipinski definition) is 5. The summed E-state index contributed by atoms with van der Waals surface area (Å²) in [6.07, 6.45) is 0.366. The lowest BCUT2D eigenvalue weighted by atomic mass is 10.2. The molecular formula is C19H20ClNO5S. The number of aliphatic hydroxyl groups is 1. The van der Waals surface area contributed by atoms with Crippen molar-refractivity contribution < 1.29 is 23.1 Å². The summed E-state index contributed by atoms with van der Waals surface area (Å²) in [7, 11) is -3.60. The molecule has 8 heteroatoms. The fourth-order valence-corrected chi connectivity index (χ4v) is 5.21. The Bertz CT molecular complexity index is 914. The van der Waals surface area contributed by atoms with E-state index in [0.717, 1.165) is 5.56 Å². The number of likely N-dealkylation sites (tertiary alicyclic amines) is 1. The van der Waals surface area contributed by atoms with Gasteiger partial charge in [0.15, 0.2) is 16.4 Å². The highest BCUT2D eigenvalue weighted by molar-refractivity contribution is 7.92. The minimum atomic E-state index is -3.60. The summed E-state index contributed by atoms with van der Waals surface area (Å²) in [6.45, 7) is 0.255. The van der Waals surface area contributed by atoms with Gasteiger partial charge in [-0.05, 0) is 36.2 Å². The van der Waals surface area contributed by atoms with E-state index in [9.17, 15) is 13.2 Å². The topological polar surface area (TPSA) is 83.9 Å². The fourth-order valence-electron chi connectivity index (χ4n) is 2.99. The highest BCUT2D eigenvalue weighted by Gasteiger charge is 2.37. The molecule has 27 heavy (non-hydrogen) atoms. The molecule has 6 nitrogen and oxygen atoms in total. The zero-order chi connectivity index (χ0) is 19.4. The minimum absolute atomic E-state index is 0.0612. The van der Waals surface area contributed by atoms with Gasteiger partial charge in [0.25, 0.3) is 5.91 Å². The second-order valence-corrected chi connectivity index (χ2v) is 8.92. The minimum Gasteiger partial charge on any atom is -0.484 e. The first-order valence-corrected chi connectivity index (χ1v) is 10.4. The average Bonchev–Trinajstić information content (AvgIpc) is 3.18. The summed E-state index contributed by atoms with van der Waals surface area (Å²) >= 11 is 6.03. The van der Waals surface area contributed by atoms with Crippen LogP contribution in [0.3, 0.4) is 0 Å². The van der Waals surface area contributed by atoms with Crippen molar-refractivity contribution in [1.29, 1.82) is 0 Å². The standard InChI is InChI=1S/C19H20ClNO5S/c20-17-3-1-2-4-18(17)27(24,25)16-9-10-21(11-16)19(23)13-26-15-7-5-14(12-22)6-8-15/h1-8,16,22H,9-13H2. The highest BCUT2D eigenvalue weighted by atomic mass is 35.5. The first-order valence-electron chi connectivity index (χ1n) is 8.50. The Labute approximate surface area is 163 Å². The average molecular weight is 410 g/mol. The molecule has 0 bridgehead atoms. The number of carbonyl (C=O) groups excluding carboxylic acids is 1. The Morgan fingerprint density at radius 1 is 1.19 bits per heavy atom. The zero-order valence-corrected chi connectivity index (χ0v) is 16.1. The molecule has 1 aliphatic heterocycles. The number of hydrogen-bond donors (Lipinski definition) is 1. The van der Waals surface area contributed by atoms with Crippen molar-refractivity contribution in [3.05, 3.63) is 59.1 Å². The molecule has 144 valence electrons. The van der Waals surface area contributed by atoms with Crippen molar-refractivity contribution in [1.82, 2.24) is 4.90 Å². The molecule has 1 amide bonds. The van der Waals surface area contributed by atoms with Crippen LogP contribution in [0.2, 0.25) is 5.02 Å². The molecule has 1 fully saturated rings. The lowest BCUT2D eigenvalue weighted by Gasteiger charge is -2.17. The molecule has 1 saturated heterocycles. The van der Waals surface area contributed by atoms with Gasteiger partial charge in [-0.3, -0.25) is 4.79 Å². The number of aliphatic hydroxyl groups excluding tert-OH is 1. The number of ether oxygens (including phenoxy) is 1. The number of rotatable bonds is 6. The maximum atomic E-state index is 12.8. The largest absolute Gasteiger partial charge is 0.484 e. The molecule has 1 atom stereocenters. The smallest absolute Gasteiger partial charge is 0.260 e. The van der Waals surface area contributed by atoms with Gasteiger partial charge in [0, 0.05) is 13.1 Å². The first-order chi connectivity index (χ1) is 12.9. The van der Waals surface area contributed by atoms with E-state index < -0.39 is 15.1 Å². The van der Waals surface area contributed by atoms with Crippen molar-refractivity contribution in [2.24, 2.45) is 0 Å². The van der Waals surface area contributed by atoms with E-state index in [-0.39, 0.29) is 35.6 Å². The number of nitrogens with zero attached hydrogens (tertiary/aromatic N) is 1. The van der Waals surface area contributed by atoms with Gasteiger partial charge in [-0.15, -0.1) is 0 Å². The number of amides is 1. The normalized spacial score (nSPS) is 17.1. The van der Waals surface area contributed by atoms with Crippen LogP contribution in [-0.4, -0.2) is 49.3 Å². The Hall–Kier alpha value is -2.09. The van der Waals surface area contributed by atoms with Crippen molar-refractivity contribution in [2.45, 2.75) is 23.2 Å². The van der Waals surface area contributed by atoms with Gasteiger partial charge in [-0.2, -0.15) is 0 Å². The first kappa shape index (κ1) is 19.7. The third-order valence-corrected chi connectivity index (χ3v) is 7.22. The predicted molar refractivity (Wildman–Crippen MR) is 101 cm³/mol. The molecule has 2 aromatic carbocycles. The molecule has 1 heterocycles. The van der Waals surface area contributed by atoms with E-state index in [1.807, 2.05) is 0 Å². The quantitative estimate of drug-likeness (QED) is 0.791. The van der Waals surface area contributed by atoms with Crippen LogP contribution in [0.1, 0.15) is 12.0 Å². The van der Waals surface area contributed by atoms with Crippen molar-refractivity contribution >= 4 is 27.3 Å². The van der Waals surface area contributed by atoms with Crippen LogP contribution in [-0.2, 0) is 21.2 Å². The highest BCUT2D eigenvalue weighted by Crippen LogP contribution is 2.29. The molecule has 1 unspecified atom stereocenters. The van der Waals surface area contributed by atoms with Crippen LogP contribution in [0.4, 0.5) is 0 Å². The monoisotopic (exact) mass is 409 g/mol. The van der Waals surface area contributed by atoms with Gasteiger partial charge < -0.3 is 14.7 Å².